The highest BCUT2D eigenvalue weighted by Gasteiger charge is 2.32. The van der Waals surface area contributed by atoms with Crippen molar-refractivity contribution >= 4 is 0 Å². The van der Waals surface area contributed by atoms with Gasteiger partial charge in [0.15, 0.2) is 0 Å². The lowest BCUT2D eigenvalue weighted by Crippen LogP contribution is -2.57. The van der Waals surface area contributed by atoms with E-state index < -0.39 is 0 Å². The fourth-order valence-corrected chi connectivity index (χ4v) is 3.82. The Kier molecular flexibility index (Phi) is 5.98. The maximum atomic E-state index is 9.48. The van der Waals surface area contributed by atoms with Gasteiger partial charge >= 0.3 is 0 Å². The standard InChI is InChI=1S/C19H30N2O3/c1-23-18-10-15(11-19(12-18)24-2)13-20-7-8-21(16-4-3-5-16)14-17(20)6-9-22/h10-12,16-17,22H,3-9,13-14H2,1-2H3/t17-/m0/s1. The first kappa shape index (κ1) is 17.5. The van der Waals surface area contributed by atoms with E-state index in [9.17, 15) is 5.11 Å². The number of aliphatic hydroxyl groups is 1. The molecule has 5 nitrogen and oxygen atoms in total. The van der Waals surface area contributed by atoms with Crippen LogP contribution in [0.2, 0.25) is 0 Å². The first-order valence-electron chi connectivity index (χ1n) is 9.04. The first-order valence-corrected chi connectivity index (χ1v) is 9.04. The molecule has 1 atom stereocenters. The molecule has 3 rings (SSSR count). The van der Waals surface area contributed by atoms with Crippen LogP contribution in [0.4, 0.5) is 0 Å². The smallest absolute Gasteiger partial charge is 0.122 e. The molecule has 0 aromatic heterocycles. The zero-order valence-corrected chi connectivity index (χ0v) is 14.9. The predicted octanol–water partition coefficient (Wildman–Crippen LogP) is 2.12. The topological polar surface area (TPSA) is 45.2 Å². The van der Waals surface area contributed by atoms with Crippen LogP contribution in [-0.2, 0) is 6.54 Å². The number of nitrogens with zero attached hydrogens (tertiary/aromatic N) is 2. The fraction of sp³-hybridized carbons (Fsp3) is 0.684. The predicted molar refractivity (Wildman–Crippen MR) is 94.7 cm³/mol. The molecule has 134 valence electrons. The molecule has 0 amide bonds. The van der Waals surface area contributed by atoms with Crippen LogP contribution in [0, 0.1) is 0 Å². The fourth-order valence-electron chi connectivity index (χ4n) is 3.82. The highest BCUT2D eigenvalue weighted by atomic mass is 16.5. The second-order valence-corrected chi connectivity index (χ2v) is 6.94. The molecule has 0 spiro atoms. The minimum Gasteiger partial charge on any atom is -0.497 e. The number of hydrogen-bond acceptors (Lipinski definition) is 5. The Bertz CT molecular complexity index is 511. The molecular weight excluding hydrogens is 304 g/mol. The number of aliphatic hydroxyl groups excluding tert-OH is 1. The van der Waals surface area contributed by atoms with Gasteiger partial charge in [-0.25, -0.2) is 0 Å². The SMILES string of the molecule is COc1cc(CN2CCN(C3CCC3)C[C@@H]2CCO)cc(OC)c1. The van der Waals surface area contributed by atoms with E-state index in [-0.39, 0.29) is 6.61 Å². The van der Waals surface area contributed by atoms with Crippen molar-refractivity contribution in [1.82, 2.24) is 9.80 Å². The van der Waals surface area contributed by atoms with E-state index in [0.717, 1.165) is 50.1 Å². The van der Waals surface area contributed by atoms with Gasteiger partial charge in [-0.2, -0.15) is 0 Å². The normalized spacial score (nSPS) is 23.0. The van der Waals surface area contributed by atoms with Gasteiger partial charge in [0, 0.05) is 50.9 Å². The van der Waals surface area contributed by atoms with Crippen molar-refractivity contribution in [2.24, 2.45) is 0 Å². The van der Waals surface area contributed by atoms with Gasteiger partial charge in [0.05, 0.1) is 14.2 Å². The van der Waals surface area contributed by atoms with Crippen LogP contribution in [0.25, 0.3) is 0 Å². The van der Waals surface area contributed by atoms with Crippen LogP contribution in [0.3, 0.4) is 0 Å². The third-order valence-electron chi connectivity index (χ3n) is 5.49. The summed E-state index contributed by atoms with van der Waals surface area (Å²) in [6.45, 7) is 4.39. The summed E-state index contributed by atoms with van der Waals surface area (Å²) in [7, 11) is 3.37. The maximum Gasteiger partial charge on any atom is 0.122 e. The minimum absolute atomic E-state index is 0.251. The number of rotatable bonds is 7. The Morgan fingerprint density at radius 1 is 1.08 bits per heavy atom. The second-order valence-electron chi connectivity index (χ2n) is 6.94. The average Bonchev–Trinajstić information content (AvgIpc) is 2.55. The van der Waals surface area contributed by atoms with E-state index in [1.54, 1.807) is 14.2 Å². The lowest BCUT2D eigenvalue weighted by Gasteiger charge is -2.47. The van der Waals surface area contributed by atoms with Crippen molar-refractivity contribution < 1.29 is 14.6 Å². The van der Waals surface area contributed by atoms with Gasteiger partial charge in [-0.05, 0) is 37.0 Å². The molecule has 1 saturated heterocycles. The Hall–Kier alpha value is -1.30. The third kappa shape index (κ3) is 4.02. The van der Waals surface area contributed by atoms with Gasteiger partial charge in [-0.15, -0.1) is 0 Å². The zero-order valence-electron chi connectivity index (χ0n) is 14.9. The molecule has 1 heterocycles. The van der Waals surface area contributed by atoms with Crippen LogP contribution in [0.15, 0.2) is 18.2 Å². The molecule has 0 unspecified atom stereocenters. The molecule has 1 N–H and O–H groups in total. The maximum absolute atomic E-state index is 9.48. The lowest BCUT2D eigenvalue weighted by molar-refractivity contribution is 0.0111. The van der Waals surface area contributed by atoms with Gasteiger partial charge in [0.2, 0.25) is 0 Å². The van der Waals surface area contributed by atoms with E-state index in [1.807, 2.05) is 6.07 Å². The third-order valence-corrected chi connectivity index (χ3v) is 5.49. The summed E-state index contributed by atoms with van der Waals surface area (Å²) < 4.78 is 10.8. The van der Waals surface area contributed by atoms with Crippen molar-refractivity contribution in [2.45, 2.75) is 44.3 Å². The lowest BCUT2D eigenvalue weighted by atomic mass is 9.90. The van der Waals surface area contributed by atoms with Crippen LogP contribution in [0.5, 0.6) is 11.5 Å². The number of piperazine rings is 1. The summed E-state index contributed by atoms with van der Waals surface area (Å²) in [5.41, 5.74) is 1.20. The Balaban J connectivity index is 1.68. The highest BCUT2D eigenvalue weighted by molar-refractivity contribution is 5.38. The monoisotopic (exact) mass is 334 g/mol. The van der Waals surface area contributed by atoms with Crippen molar-refractivity contribution in [3.05, 3.63) is 23.8 Å². The second kappa shape index (κ2) is 8.19. The molecule has 1 saturated carbocycles. The van der Waals surface area contributed by atoms with Crippen molar-refractivity contribution in [3.8, 4) is 11.5 Å². The van der Waals surface area contributed by atoms with Gasteiger partial charge in [0.25, 0.3) is 0 Å². The molecule has 1 aliphatic heterocycles. The number of ether oxygens (including phenoxy) is 2. The quantitative estimate of drug-likeness (QED) is 0.828. The summed E-state index contributed by atoms with van der Waals surface area (Å²) in [6.07, 6.45) is 4.90. The van der Waals surface area contributed by atoms with Gasteiger partial charge in [-0.3, -0.25) is 9.80 Å². The summed E-state index contributed by atoms with van der Waals surface area (Å²) in [6, 6.07) is 7.27. The molecule has 1 aromatic carbocycles. The molecule has 0 bridgehead atoms. The minimum atomic E-state index is 0.251. The first-order chi connectivity index (χ1) is 11.7. The number of methoxy groups -OCH3 is 2. The summed E-state index contributed by atoms with van der Waals surface area (Å²) in [4.78, 5) is 5.13. The van der Waals surface area contributed by atoms with Crippen LogP contribution in [-0.4, -0.2) is 67.5 Å². The summed E-state index contributed by atoms with van der Waals surface area (Å²) in [5, 5.41) is 9.48. The molecule has 2 fully saturated rings. The van der Waals surface area contributed by atoms with E-state index in [4.69, 9.17) is 9.47 Å². The molecule has 0 radical (unpaired) electrons. The van der Waals surface area contributed by atoms with E-state index in [2.05, 4.69) is 21.9 Å². The molecule has 2 aliphatic rings. The van der Waals surface area contributed by atoms with Gasteiger partial charge in [-0.1, -0.05) is 6.42 Å². The van der Waals surface area contributed by atoms with Crippen molar-refractivity contribution in [2.75, 3.05) is 40.5 Å². The largest absolute Gasteiger partial charge is 0.497 e. The summed E-state index contributed by atoms with van der Waals surface area (Å²) >= 11 is 0. The van der Waals surface area contributed by atoms with Gasteiger partial charge < -0.3 is 14.6 Å². The Morgan fingerprint density at radius 3 is 2.33 bits per heavy atom. The van der Waals surface area contributed by atoms with Crippen LogP contribution in [0.1, 0.15) is 31.2 Å². The van der Waals surface area contributed by atoms with Crippen molar-refractivity contribution in [3.63, 3.8) is 0 Å². The zero-order chi connectivity index (χ0) is 16.9. The summed E-state index contributed by atoms with van der Waals surface area (Å²) in [5.74, 6) is 1.66. The van der Waals surface area contributed by atoms with E-state index in [0.29, 0.717) is 6.04 Å². The average molecular weight is 334 g/mol. The van der Waals surface area contributed by atoms with Gasteiger partial charge in [0.1, 0.15) is 11.5 Å². The van der Waals surface area contributed by atoms with Crippen LogP contribution >= 0.6 is 0 Å². The van der Waals surface area contributed by atoms with Crippen molar-refractivity contribution in [1.29, 1.82) is 0 Å². The Morgan fingerprint density at radius 2 is 1.79 bits per heavy atom. The molecule has 1 aromatic rings. The highest BCUT2D eigenvalue weighted by Crippen LogP contribution is 2.29. The molecule has 5 heteroatoms. The van der Waals surface area contributed by atoms with E-state index >= 15 is 0 Å². The molecule has 24 heavy (non-hydrogen) atoms. The van der Waals surface area contributed by atoms with E-state index in [1.165, 1.54) is 24.8 Å². The molecular formula is C19H30N2O3. The Labute approximate surface area is 145 Å². The molecule has 1 aliphatic carbocycles. The number of benzene rings is 1. The van der Waals surface area contributed by atoms with Crippen LogP contribution < -0.4 is 9.47 Å². The number of hydrogen-bond donors (Lipinski definition) is 1.